The lowest BCUT2D eigenvalue weighted by Gasteiger charge is -2.25. The van der Waals surface area contributed by atoms with E-state index in [0.717, 1.165) is 22.3 Å². The van der Waals surface area contributed by atoms with Gasteiger partial charge in [-0.3, -0.25) is 9.59 Å². The van der Waals surface area contributed by atoms with Gasteiger partial charge in [-0.1, -0.05) is 65.7 Å². The van der Waals surface area contributed by atoms with Crippen LogP contribution in [-0.4, -0.2) is 42.5 Å². The van der Waals surface area contributed by atoms with Crippen molar-refractivity contribution in [3.63, 3.8) is 0 Å². The standard InChI is InChI=1S/C29H29NO5/c1-18-5-10-21(11-6-18)26-25(27(31)22-12-7-19(2)8-13-22)28(32)29(33)30(26)16-15-20-9-14-23(34-3)24(17-20)35-4/h5-14,17,26,31H,15-16H2,1-4H3/b27-25+. The summed E-state index contributed by atoms with van der Waals surface area (Å²) < 4.78 is 10.7. The highest BCUT2D eigenvalue weighted by atomic mass is 16.5. The number of rotatable bonds is 7. The van der Waals surface area contributed by atoms with Gasteiger partial charge >= 0.3 is 0 Å². The first-order valence-corrected chi connectivity index (χ1v) is 11.5. The van der Waals surface area contributed by atoms with Gasteiger partial charge in [0.25, 0.3) is 11.7 Å². The van der Waals surface area contributed by atoms with E-state index in [0.29, 0.717) is 30.0 Å². The van der Waals surface area contributed by atoms with Gasteiger partial charge in [-0.05, 0) is 43.5 Å². The molecule has 0 spiro atoms. The third-order valence-electron chi connectivity index (χ3n) is 6.35. The van der Waals surface area contributed by atoms with E-state index < -0.39 is 17.7 Å². The van der Waals surface area contributed by atoms with Crippen LogP contribution >= 0.6 is 0 Å². The number of methoxy groups -OCH3 is 2. The molecule has 3 aromatic rings. The summed E-state index contributed by atoms with van der Waals surface area (Å²) in [5.74, 6) is -0.246. The Morgan fingerprint density at radius 2 is 1.46 bits per heavy atom. The summed E-state index contributed by atoms with van der Waals surface area (Å²) in [6, 6.07) is 19.8. The van der Waals surface area contributed by atoms with Crippen molar-refractivity contribution in [2.45, 2.75) is 26.3 Å². The maximum Gasteiger partial charge on any atom is 0.295 e. The highest BCUT2D eigenvalue weighted by Crippen LogP contribution is 2.39. The fourth-order valence-corrected chi connectivity index (χ4v) is 4.36. The van der Waals surface area contributed by atoms with Crippen LogP contribution in [0.2, 0.25) is 0 Å². The Balaban J connectivity index is 1.73. The van der Waals surface area contributed by atoms with E-state index in [2.05, 4.69) is 0 Å². The van der Waals surface area contributed by atoms with Crippen molar-refractivity contribution in [2.24, 2.45) is 0 Å². The Bertz CT molecular complexity index is 1280. The zero-order valence-corrected chi connectivity index (χ0v) is 20.4. The molecule has 0 bridgehead atoms. The molecule has 1 saturated heterocycles. The molecular formula is C29H29NO5. The van der Waals surface area contributed by atoms with Gasteiger partial charge in [0.15, 0.2) is 11.5 Å². The predicted octanol–water partition coefficient (Wildman–Crippen LogP) is 4.99. The summed E-state index contributed by atoms with van der Waals surface area (Å²) >= 11 is 0. The lowest BCUT2D eigenvalue weighted by atomic mass is 9.94. The van der Waals surface area contributed by atoms with Crippen LogP contribution in [0.15, 0.2) is 72.3 Å². The Morgan fingerprint density at radius 1 is 0.857 bits per heavy atom. The topological polar surface area (TPSA) is 76.1 Å². The normalized spacial score (nSPS) is 17.0. The third-order valence-corrected chi connectivity index (χ3v) is 6.35. The maximum absolute atomic E-state index is 13.2. The Labute approximate surface area is 205 Å². The Kier molecular flexibility index (Phi) is 6.92. The monoisotopic (exact) mass is 471 g/mol. The van der Waals surface area contributed by atoms with Crippen LogP contribution in [0.25, 0.3) is 5.76 Å². The average Bonchev–Trinajstić information content (AvgIpc) is 3.12. The molecule has 0 saturated carbocycles. The van der Waals surface area contributed by atoms with E-state index >= 15 is 0 Å². The van der Waals surface area contributed by atoms with Crippen molar-refractivity contribution in [2.75, 3.05) is 20.8 Å². The molecule has 35 heavy (non-hydrogen) atoms. The molecule has 0 aliphatic carbocycles. The molecule has 1 aliphatic heterocycles. The number of amides is 1. The fraction of sp³-hybridized carbons (Fsp3) is 0.241. The molecule has 1 atom stereocenters. The summed E-state index contributed by atoms with van der Waals surface area (Å²) in [7, 11) is 3.15. The van der Waals surface area contributed by atoms with Gasteiger partial charge in [0.05, 0.1) is 25.8 Å². The summed E-state index contributed by atoms with van der Waals surface area (Å²) in [6.07, 6.45) is 0.500. The van der Waals surface area contributed by atoms with Crippen molar-refractivity contribution in [3.05, 3.63) is 100 Å². The number of aliphatic hydroxyl groups excluding tert-OH is 1. The van der Waals surface area contributed by atoms with Crippen LogP contribution in [0.4, 0.5) is 0 Å². The number of nitrogens with zero attached hydrogens (tertiary/aromatic N) is 1. The number of aryl methyl sites for hydroxylation is 2. The first kappa shape index (κ1) is 24.1. The number of hydrogen-bond acceptors (Lipinski definition) is 5. The number of benzene rings is 3. The van der Waals surface area contributed by atoms with Crippen molar-refractivity contribution in [1.29, 1.82) is 0 Å². The molecule has 180 valence electrons. The molecule has 0 radical (unpaired) electrons. The third kappa shape index (κ3) is 4.78. The quantitative estimate of drug-likeness (QED) is 0.299. The zero-order valence-electron chi connectivity index (χ0n) is 20.4. The molecule has 6 nitrogen and oxygen atoms in total. The van der Waals surface area contributed by atoms with Crippen LogP contribution in [0.5, 0.6) is 11.5 Å². The molecule has 6 heteroatoms. The molecule has 1 heterocycles. The predicted molar refractivity (Wildman–Crippen MR) is 135 cm³/mol. The number of ether oxygens (including phenoxy) is 2. The van der Waals surface area contributed by atoms with Crippen molar-refractivity contribution in [1.82, 2.24) is 4.90 Å². The van der Waals surface area contributed by atoms with E-state index in [9.17, 15) is 14.7 Å². The highest BCUT2D eigenvalue weighted by Gasteiger charge is 2.45. The minimum Gasteiger partial charge on any atom is -0.507 e. The molecule has 0 aromatic heterocycles. The molecule has 1 aliphatic rings. The fourth-order valence-electron chi connectivity index (χ4n) is 4.36. The Hall–Kier alpha value is -4.06. The molecule has 1 unspecified atom stereocenters. The molecular weight excluding hydrogens is 442 g/mol. The van der Waals surface area contributed by atoms with Crippen LogP contribution in [0.3, 0.4) is 0 Å². The summed E-state index contributed by atoms with van der Waals surface area (Å²) in [4.78, 5) is 27.9. The van der Waals surface area contributed by atoms with Gasteiger partial charge in [0.1, 0.15) is 5.76 Å². The van der Waals surface area contributed by atoms with Crippen LogP contribution in [0, 0.1) is 13.8 Å². The summed E-state index contributed by atoms with van der Waals surface area (Å²) in [6.45, 7) is 4.22. The SMILES string of the molecule is COc1ccc(CCN2C(=O)C(=O)/C(=C(/O)c3ccc(C)cc3)C2c2ccc(C)cc2)cc1OC. The summed E-state index contributed by atoms with van der Waals surface area (Å²) in [5.41, 5.74) is 4.42. The van der Waals surface area contributed by atoms with Crippen molar-refractivity contribution >= 4 is 17.4 Å². The number of aliphatic hydroxyl groups is 1. The van der Waals surface area contributed by atoms with Gasteiger partial charge in [-0.2, -0.15) is 0 Å². The van der Waals surface area contributed by atoms with Gasteiger partial charge in [0.2, 0.25) is 0 Å². The summed E-state index contributed by atoms with van der Waals surface area (Å²) in [5, 5.41) is 11.2. The second kappa shape index (κ2) is 10.1. The van der Waals surface area contributed by atoms with Gasteiger partial charge in [-0.25, -0.2) is 0 Å². The molecule has 3 aromatic carbocycles. The Morgan fingerprint density at radius 3 is 2.06 bits per heavy atom. The zero-order chi connectivity index (χ0) is 25.1. The van der Waals surface area contributed by atoms with Crippen LogP contribution < -0.4 is 9.47 Å². The van der Waals surface area contributed by atoms with Crippen LogP contribution in [-0.2, 0) is 16.0 Å². The van der Waals surface area contributed by atoms with Crippen molar-refractivity contribution < 1.29 is 24.2 Å². The van der Waals surface area contributed by atoms with Crippen molar-refractivity contribution in [3.8, 4) is 11.5 Å². The number of carbonyl (C=O) groups excluding carboxylic acids is 2. The van der Waals surface area contributed by atoms with E-state index in [-0.39, 0.29) is 11.3 Å². The highest BCUT2D eigenvalue weighted by molar-refractivity contribution is 6.46. The number of likely N-dealkylation sites (tertiary alicyclic amines) is 1. The minimum atomic E-state index is -0.683. The van der Waals surface area contributed by atoms with E-state index in [1.54, 1.807) is 31.3 Å². The van der Waals surface area contributed by atoms with Gasteiger partial charge in [0, 0.05) is 12.1 Å². The number of carbonyl (C=O) groups is 2. The first-order valence-electron chi connectivity index (χ1n) is 11.5. The van der Waals surface area contributed by atoms with E-state index in [4.69, 9.17) is 9.47 Å². The molecule has 1 amide bonds. The minimum absolute atomic E-state index is 0.106. The first-order chi connectivity index (χ1) is 16.8. The molecule has 4 rings (SSSR count). The average molecular weight is 472 g/mol. The largest absolute Gasteiger partial charge is 0.507 e. The number of Topliss-reactive ketones (excluding diaryl/α,β-unsaturated/α-hetero) is 1. The van der Waals surface area contributed by atoms with Crippen LogP contribution in [0.1, 0.15) is 33.9 Å². The molecule has 1 fully saturated rings. The second-order valence-corrected chi connectivity index (χ2v) is 8.71. The smallest absolute Gasteiger partial charge is 0.295 e. The number of ketones is 1. The number of hydrogen-bond donors (Lipinski definition) is 1. The molecule has 1 N–H and O–H groups in total. The lowest BCUT2D eigenvalue weighted by Crippen LogP contribution is -2.31. The maximum atomic E-state index is 13.2. The van der Waals surface area contributed by atoms with E-state index in [1.165, 1.54) is 0 Å². The second-order valence-electron chi connectivity index (χ2n) is 8.71. The lowest BCUT2D eigenvalue weighted by molar-refractivity contribution is -0.139. The van der Waals surface area contributed by atoms with E-state index in [1.807, 2.05) is 68.4 Å². The van der Waals surface area contributed by atoms with Gasteiger partial charge < -0.3 is 19.5 Å². The van der Waals surface area contributed by atoms with Gasteiger partial charge in [-0.15, -0.1) is 0 Å².